The van der Waals surface area contributed by atoms with Crippen molar-refractivity contribution >= 4 is 46.3 Å². The molecule has 7 nitrogen and oxygen atoms in total. The number of thiocarbonyl (C=S) groups is 1. The number of nitrogens with zero attached hydrogens (tertiary/aromatic N) is 1. The van der Waals surface area contributed by atoms with Crippen molar-refractivity contribution in [2.75, 3.05) is 14.2 Å². The lowest BCUT2D eigenvalue weighted by atomic mass is 9.94. The van der Waals surface area contributed by atoms with Crippen LogP contribution in [0.2, 0.25) is 0 Å². The van der Waals surface area contributed by atoms with Gasteiger partial charge in [0.25, 0.3) is 5.91 Å². The largest absolute Gasteiger partial charge is 0.497 e. The Bertz CT molecular complexity index is 1230. The van der Waals surface area contributed by atoms with Crippen LogP contribution in [0.3, 0.4) is 0 Å². The molecule has 9 heteroatoms. The molecule has 3 fully saturated rings. The fraction of sp³-hybridized carbons (Fsp3) is 0.464. The quantitative estimate of drug-likeness (QED) is 0.218. The van der Waals surface area contributed by atoms with E-state index in [2.05, 4.69) is 0 Å². The van der Waals surface area contributed by atoms with Crippen molar-refractivity contribution in [3.63, 3.8) is 0 Å². The number of amides is 1. The second-order valence-corrected chi connectivity index (χ2v) is 11.7. The van der Waals surface area contributed by atoms with E-state index in [1.165, 1.54) is 31.0 Å². The fourth-order valence-corrected chi connectivity index (χ4v) is 7.20. The number of hydrogen-bond acceptors (Lipinski definition) is 7. The predicted molar refractivity (Wildman–Crippen MR) is 147 cm³/mol. The lowest BCUT2D eigenvalue weighted by molar-refractivity contribution is -0.137. The van der Waals surface area contributed by atoms with Crippen LogP contribution in [0, 0.1) is 11.8 Å². The number of aryl methyl sites for hydroxylation is 1. The number of unbranched alkanes of at least 4 members (excludes halogenated alkanes) is 1. The van der Waals surface area contributed by atoms with Crippen LogP contribution >= 0.6 is 24.0 Å². The maximum absolute atomic E-state index is 13.5. The molecule has 0 spiro atoms. The molecule has 2 saturated carbocycles. The minimum absolute atomic E-state index is 0.0367. The maximum Gasteiger partial charge on any atom is 0.303 e. The molecule has 2 heterocycles. The number of carbonyl (C=O) groups excluding carboxylic acids is 1. The van der Waals surface area contributed by atoms with Crippen molar-refractivity contribution in [1.82, 2.24) is 4.90 Å². The van der Waals surface area contributed by atoms with E-state index in [9.17, 15) is 9.59 Å². The number of ether oxygens (including phenoxy) is 2. The molecule has 1 saturated heterocycles. The van der Waals surface area contributed by atoms with Gasteiger partial charge in [0, 0.05) is 30.2 Å². The topological polar surface area (TPSA) is 89.2 Å². The molecule has 2 bridgehead atoms. The van der Waals surface area contributed by atoms with Crippen LogP contribution in [0.15, 0.2) is 33.6 Å². The van der Waals surface area contributed by atoms with Crippen LogP contribution in [0.5, 0.6) is 11.5 Å². The van der Waals surface area contributed by atoms with E-state index in [1.54, 1.807) is 26.4 Å². The summed E-state index contributed by atoms with van der Waals surface area (Å²) in [5.41, 5.74) is 1.71. The van der Waals surface area contributed by atoms with Gasteiger partial charge < -0.3 is 19.0 Å². The zero-order valence-electron chi connectivity index (χ0n) is 21.0. The summed E-state index contributed by atoms with van der Waals surface area (Å²) in [6, 6.07) is 7.70. The summed E-state index contributed by atoms with van der Waals surface area (Å²) in [4.78, 5) is 26.9. The highest BCUT2D eigenvalue weighted by Gasteiger charge is 2.48. The van der Waals surface area contributed by atoms with Gasteiger partial charge in [0.05, 0.1) is 19.1 Å². The summed E-state index contributed by atoms with van der Waals surface area (Å²) >= 11 is 7.00. The number of methoxy groups -OCH3 is 2. The first-order valence-electron chi connectivity index (χ1n) is 12.7. The lowest BCUT2D eigenvalue weighted by Crippen LogP contribution is -2.41. The molecule has 196 valence electrons. The molecule has 3 aliphatic rings. The normalized spacial score (nSPS) is 23.9. The summed E-state index contributed by atoms with van der Waals surface area (Å²) in [5.74, 6) is 2.93. The van der Waals surface area contributed by atoms with E-state index in [-0.39, 0.29) is 18.4 Å². The number of fused-ring (bicyclic) bond motifs is 2. The van der Waals surface area contributed by atoms with E-state index in [1.807, 2.05) is 23.1 Å². The Morgan fingerprint density at radius 1 is 1.16 bits per heavy atom. The lowest BCUT2D eigenvalue weighted by Gasteiger charge is -2.30. The Morgan fingerprint density at radius 3 is 2.54 bits per heavy atom. The van der Waals surface area contributed by atoms with Crippen molar-refractivity contribution in [1.29, 1.82) is 0 Å². The molecule has 1 amide bonds. The van der Waals surface area contributed by atoms with Gasteiger partial charge in [-0.25, -0.2) is 0 Å². The molecule has 1 aromatic heterocycles. The third-order valence-corrected chi connectivity index (χ3v) is 9.01. The van der Waals surface area contributed by atoms with Crippen LogP contribution in [-0.4, -0.2) is 46.5 Å². The third-order valence-electron chi connectivity index (χ3n) is 7.68. The van der Waals surface area contributed by atoms with E-state index in [0.717, 1.165) is 17.5 Å². The number of hydrogen-bond donors (Lipinski definition) is 1. The van der Waals surface area contributed by atoms with E-state index < -0.39 is 5.97 Å². The Balaban J connectivity index is 1.44. The number of furan rings is 1. The summed E-state index contributed by atoms with van der Waals surface area (Å²) < 4.78 is 17.8. The number of carbonyl (C=O) groups is 2. The Hall–Kier alpha value is -2.78. The number of carboxylic acid groups (broad SMARTS) is 1. The average Bonchev–Trinajstić information content (AvgIpc) is 3.66. The fourth-order valence-electron chi connectivity index (χ4n) is 5.86. The van der Waals surface area contributed by atoms with Crippen LogP contribution in [0.1, 0.15) is 56.3 Å². The predicted octanol–water partition coefficient (Wildman–Crippen LogP) is 6.15. The first kappa shape index (κ1) is 25.9. The van der Waals surface area contributed by atoms with Crippen LogP contribution in [0.4, 0.5) is 0 Å². The Morgan fingerprint density at radius 2 is 1.92 bits per heavy atom. The van der Waals surface area contributed by atoms with Gasteiger partial charge in [-0.1, -0.05) is 30.4 Å². The average molecular weight is 542 g/mol. The monoisotopic (exact) mass is 541 g/mol. The van der Waals surface area contributed by atoms with Crippen molar-refractivity contribution in [3.05, 3.63) is 40.5 Å². The highest BCUT2D eigenvalue weighted by molar-refractivity contribution is 8.26. The molecule has 37 heavy (non-hydrogen) atoms. The molecular weight excluding hydrogens is 510 g/mol. The Kier molecular flexibility index (Phi) is 7.62. The summed E-state index contributed by atoms with van der Waals surface area (Å²) in [6.45, 7) is 0. The van der Waals surface area contributed by atoms with Gasteiger partial charge in [-0.15, -0.1) is 0 Å². The van der Waals surface area contributed by atoms with Gasteiger partial charge in [-0.05, 0) is 74.1 Å². The number of benzene rings is 1. The zero-order valence-corrected chi connectivity index (χ0v) is 22.7. The maximum atomic E-state index is 13.5. The number of carboxylic acids is 1. The first-order valence-corrected chi connectivity index (χ1v) is 13.9. The molecule has 1 aromatic carbocycles. The molecule has 3 atom stereocenters. The van der Waals surface area contributed by atoms with Gasteiger partial charge in [0.1, 0.15) is 27.3 Å². The molecular formula is C28H31NO6S2. The highest BCUT2D eigenvalue weighted by atomic mass is 32.2. The van der Waals surface area contributed by atoms with Crippen molar-refractivity contribution in [2.45, 2.75) is 57.4 Å². The number of thioether (sulfide) groups is 1. The van der Waals surface area contributed by atoms with Gasteiger partial charge in [0.2, 0.25) is 0 Å². The second-order valence-electron chi connectivity index (χ2n) is 10.00. The summed E-state index contributed by atoms with van der Waals surface area (Å²) in [7, 11) is 3.19. The smallest absolute Gasteiger partial charge is 0.303 e. The Labute approximate surface area is 226 Å². The van der Waals surface area contributed by atoms with Crippen LogP contribution < -0.4 is 9.47 Å². The highest BCUT2D eigenvalue weighted by Crippen LogP contribution is 2.49. The van der Waals surface area contributed by atoms with Gasteiger partial charge in [-0.2, -0.15) is 0 Å². The minimum Gasteiger partial charge on any atom is -0.497 e. The van der Waals surface area contributed by atoms with Crippen molar-refractivity contribution in [2.24, 2.45) is 11.8 Å². The summed E-state index contributed by atoms with van der Waals surface area (Å²) in [6.07, 6.45) is 8.51. The number of aliphatic carboxylic acids is 1. The standard InChI is InChI=1S/C28H31NO6S2/c1-33-20-11-19(12-21(14-20)34-2)23-13-18(5-3-4-6-26(30)31)24(35-23)15-25-27(32)29(28(36)37-25)22-10-16-7-8-17(22)9-16/h11-17,22H,3-10H2,1-2H3,(H,30,31). The molecule has 3 unspecified atom stereocenters. The van der Waals surface area contributed by atoms with E-state index >= 15 is 0 Å². The van der Waals surface area contributed by atoms with Gasteiger partial charge in [0.15, 0.2) is 0 Å². The molecule has 0 radical (unpaired) electrons. The second kappa shape index (κ2) is 10.9. The molecule has 2 aromatic rings. The van der Waals surface area contributed by atoms with Gasteiger partial charge in [-0.3, -0.25) is 14.5 Å². The molecule has 1 N–H and O–H groups in total. The van der Waals surface area contributed by atoms with Crippen LogP contribution in [-0.2, 0) is 16.0 Å². The molecule has 5 rings (SSSR count). The van der Waals surface area contributed by atoms with Crippen molar-refractivity contribution < 1.29 is 28.6 Å². The van der Waals surface area contributed by atoms with Crippen molar-refractivity contribution in [3.8, 4) is 22.8 Å². The third kappa shape index (κ3) is 5.43. The first-order chi connectivity index (χ1) is 17.9. The minimum atomic E-state index is -0.805. The zero-order chi connectivity index (χ0) is 26.1. The number of rotatable bonds is 10. The molecule has 2 aliphatic carbocycles. The SMILES string of the molecule is COc1cc(OC)cc(-c2cc(CCCCC(=O)O)c(C=C3SC(=S)N(C4CC5CCC4C5)C3=O)o2)c1. The molecule has 1 aliphatic heterocycles. The summed E-state index contributed by atoms with van der Waals surface area (Å²) in [5, 5.41) is 9.01. The van der Waals surface area contributed by atoms with E-state index in [4.69, 9.17) is 31.2 Å². The van der Waals surface area contributed by atoms with Gasteiger partial charge >= 0.3 is 5.97 Å². The van der Waals surface area contributed by atoms with E-state index in [0.29, 0.717) is 63.3 Å². The van der Waals surface area contributed by atoms with Crippen LogP contribution in [0.25, 0.3) is 17.4 Å².